The number of amides is 1. The first-order valence-corrected chi connectivity index (χ1v) is 8.46. The van der Waals surface area contributed by atoms with Crippen LogP contribution in [0, 0.1) is 0 Å². The first-order valence-electron chi connectivity index (χ1n) is 8.46. The highest BCUT2D eigenvalue weighted by Gasteiger charge is 2.29. The summed E-state index contributed by atoms with van der Waals surface area (Å²) in [6.45, 7) is 0.595. The van der Waals surface area contributed by atoms with Crippen molar-refractivity contribution >= 4 is 22.5 Å². The van der Waals surface area contributed by atoms with Crippen LogP contribution in [0.5, 0.6) is 0 Å². The highest BCUT2D eigenvalue weighted by molar-refractivity contribution is 6.11. The highest BCUT2D eigenvalue weighted by atomic mass is 16.2. The molecule has 0 atom stereocenters. The van der Waals surface area contributed by atoms with E-state index in [1.165, 1.54) is 6.33 Å². The zero-order valence-electron chi connectivity index (χ0n) is 14.3. The molecule has 1 aliphatic heterocycles. The second kappa shape index (κ2) is 5.52. The molecule has 0 bridgehead atoms. The molecule has 4 aromatic rings. The van der Waals surface area contributed by atoms with Crippen molar-refractivity contribution in [2.24, 2.45) is 7.05 Å². The molecule has 1 aliphatic rings. The van der Waals surface area contributed by atoms with Gasteiger partial charge in [0.1, 0.15) is 6.33 Å². The average Bonchev–Trinajstić information content (AvgIpc) is 3.22. The van der Waals surface area contributed by atoms with Gasteiger partial charge in [-0.15, -0.1) is 0 Å². The van der Waals surface area contributed by atoms with Crippen molar-refractivity contribution in [3.8, 4) is 11.1 Å². The van der Waals surface area contributed by atoms with Gasteiger partial charge in [0.15, 0.2) is 0 Å². The van der Waals surface area contributed by atoms with Crippen LogP contribution in [0.15, 0.2) is 67.4 Å². The van der Waals surface area contributed by atoms with Gasteiger partial charge in [-0.2, -0.15) is 0 Å². The normalized spacial score (nSPS) is 13.4. The van der Waals surface area contributed by atoms with E-state index in [0.29, 0.717) is 6.54 Å². The van der Waals surface area contributed by atoms with Gasteiger partial charge in [-0.05, 0) is 41.5 Å². The van der Waals surface area contributed by atoms with Gasteiger partial charge in [0.2, 0.25) is 0 Å². The number of fused-ring (bicyclic) bond motifs is 2. The smallest absolute Gasteiger partial charge is 0.258 e. The fourth-order valence-electron chi connectivity index (χ4n) is 3.57. The molecule has 1 amide bonds. The Kier molecular flexibility index (Phi) is 3.15. The van der Waals surface area contributed by atoms with Crippen molar-refractivity contribution in [3.63, 3.8) is 0 Å². The Morgan fingerprint density at radius 1 is 0.962 bits per heavy atom. The monoisotopic (exact) mass is 340 g/mol. The molecule has 5 nitrogen and oxygen atoms in total. The molecule has 5 heteroatoms. The molecule has 0 saturated heterocycles. The second-order valence-corrected chi connectivity index (χ2v) is 6.56. The number of hydrogen-bond acceptors (Lipinski definition) is 3. The number of hydrogen-bond donors (Lipinski definition) is 0. The van der Waals surface area contributed by atoms with Gasteiger partial charge in [0.25, 0.3) is 5.91 Å². The number of rotatable bonds is 2. The van der Waals surface area contributed by atoms with Crippen LogP contribution in [-0.4, -0.2) is 20.4 Å². The molecule has 5 rings (SSSR count). The zero-order chi connectivity index (χ0) is 17.7. The molecule has 0 unspecified atom stereocenters. The Hall–Kier alpha value is -3.47. The Bertz CT molecular complexity index is 1150. The molecule has 0 fully saturated rings. The predicted molar refractivity (Wildman–Crippen MR) is 101 cm³/mol. The number of carbonyl (C=O) groups is 1. The van der Waals surface area contributed by atoms with E-state index in [1.807, 2.05) is 42.4 Å². The Labute approximate surface area is 150 Å². The van der Waals surface area contributed by atoms with E-state index in [1.54, 1.807) is 12.4 Å². The molecule has 0 aliphatic carbocycles. The number of anilines is 1. The summed E-state index contributed by atoms with van der Waals surface area (Å²) in [6.07, 6.45) is 7.05. The highest BCUT2D eigenvalue weighted by Crippen LogP contribution is 2.32. The van der Waals surface area contributed by atoms with Crippen LogP contribution in [-0.2, 0) is 13.6 Å². The molecule has 26 heavy (non-hydrogen) atoms. The minimum Gasteiger partial charge on any atom is -0.351 e. The minimum absolute atomic E-state index is 0.0361. The molecule has 126 valence electrons. The number of nitrogens with zero attached hydrogens (tertiary/aromatic N) is 4. The van der Waals surface area contributed by atoms with Gasteiger partial charge in [0.05, 0.1) is 6.54 Å². The third-order valence-electron chi connectivity index (χ3n) is 4.99. The first kappa shape index (κ1) is 14.8. The lowest BCUT2D eigenvalue weighted by molar-refractivity contribution is 0.0996. The molecule has 0 spiro atoms. The maximum atomic E-state index is 13.0. The Balaban J connectivity index is 1.53. The molecular weight excluding hydrogens is 324 g/mol. The van der Waals surface area contributed by atoms with Gasteiger partial charge >= 0.3 is 0 Å². The molecule has 0 saturated carbocycles. The van der Waals surface area contributed by atoms with Crippen molar-refractivity contribution < 1.29 is 4.79 Å². The topological polar surface area (TPSA) is 51.0 Å². The van der Waals surface area contributed by atoms with Crippen LogP contribution < -0.4 is 4.90 Å². The molecule has 0 radical (unpaired) electrons. The summed E-state index contributed by atoms with van der Waals surface area (Å²) in [5, 5.41) is 1.14. The van der Waals surface area contributed by atoms with Crippen molar-refractivity contribution in [2.45, 2.75) is 6.54 Å². The SMILES string of the molecule is Cn1ccc2cc(N3Cc4ccc(-c5cncnc5)cc4C3=O)ccc21. The molecular formula is C21H16N4O. The van der Waals surface area contributed by atoms with Crippen molar-refractivity contribution in [1.82, 2.24) is 14.5 Å². The van der Waals surface area contributed by atoms with Crippen LogP contribution in [0.4, 0.5) is 5.69 Å². The van der Waals surface area contributed by atoms with Crippen LogP contribution in [0.1, 0.15) is 15.9 Å². The van der Waals surface area contributed by atoms with Gasteiger partial charge in [0, 0.05) is 53.4 Å². The van der Waals surface area contributed by atoms with Crippen molar-refractivity contribution in [2.75, 3.05) is 4.90 Å². The fourth-order valence-corrected chi connectivity index (χ4v) is 3.57. The van der Waals surface area contributed by atoms with E-state index < -0.39 is 0 Å². The van der Waals surface area contributed by atoms with Crippen molar-refractivity contribution in [3.05, 3.63) is 78.5 Å². The van der Waals surface area contributed by atoms with E-state index in [9.17, 15) is 4.79 Å². The van der Waals surface area contributed by atoms with E-state index in [0.717, 1.165) is 38.8 Å². The third kappa shape index (κ3) is 2.21. The van der Waals surface area contributed by atoms with E-state index >= 15 is 0 Å². The van der Waals surface area contributed by atoms with Crippen molar-refractivity contribution in [1.29, 1.82) is 0 Å². The minimum atomic E-state index is 0.0361. The third-order valence-corrected chi connectivity index (χ3v) is 4.99. The summed E-state index contributed by atoms with van der Waals surface area (Å²) in [5.74, 6) is 0.0361. The maximum absolute atomic E-state index is 13.0. The zero-order valence-corrected chi connectivity index (χ0v) is 14.3. The van der Waals surface area contributed by atoms with Gasteiger partial charge in [-0.3, -0.25) is 4.79 Å². The van der Waals surface area contributed by atoms with Crippen LogP contribution in [0.3, 0.4) is 0 Å². The van der Waals surface area contributed by atoms with E-state index in [2.05, 4.69) is 32.7 Å². The van der Waals surface area contributed by atoms with Gasteiger partial charge in [-0.25, -0.2) is 9.97 Å². The van der Waals surface area contributed by atoms with E-state index in [4.69, 9.17) is 0 Å². The van der Waals surface area contributed by atoms with E-state index in [-0.39, 0.29) is 5.91 Å². The summed E-state index contributed by atoms with van der Waals surface area (Å²) in [5.41, 5.74) is 5.74. The second-order valence-electron chi connectivity index (χ2n) is 6.56. The first-order chi connectivity index (χ1) is 12.7. The molecule has 0 N–H and O–H groups in total. The average molecular weight is 340 g/mol. The number of aromatic nitrogens is 3. The molecule has 2 aromatic carbocycles. The predicted octanol–water partition coefficient (Wildman–Crippen LogP) is 3.80. The quantitative estimate of drug-likeness (QED) is 0.558. The summed E-state index contributed by atoms with van der Waals surface area (Å²) < 4.78 is 2.08. The number of aryl methyl sites for hydroxylation is 1. The summed E-state index contributed by atoms with van der Waals surface area (Å²) >= 11 is 0. The summed E-state index contributed by atoms with van der Waals surface area (Å²) in [6, 6.07) is 14.2. The standard InChI is InChI=1S/C21H16N4O/c1-24-7-6-15-8-18(4-5-20(15)24)25-12-16-3-2-14(9-19(16)21(25)26)17-10-22-13-23-11-17/h2-11,13H,12H2,1H3. The summed E-state index contributed by atoms with van der Waals surface area (Å²) in [4.78, 5) is 23.0. The lowest BCUT2D eigenvalue weighted by Gasteiger charge is -2.16. The Morgan fingerprint density at radius 2 is 1.81 bits per heavy atom. The van der Waals surface area contributed by atoms with Crippen LogP contribution in [0.2, 0.25) is 0 Å². The van der Waals surface area contributed by atoms with Crippen LogP contribution >= 0.6 is 0 Å². The fraction of sp³-hybridized carbons (Fsp3) is 0.0952. The Morgan fingerprint density at radius 3 is 2.65 bits per heavy atom. The molecule has 3 heterocycles. The van der Waals surface area contributed by atoms with Crippen LogP contribution in [0.25, 0.3) is 22.0 Å². The van der Waals surface area contributed by atoms with Gasteiger partial charge < -0.3 is 9.47 Å². The lowest BCUT2D eigenvalue weighted by Crippen LogP contribution is -2.22. The number of carbonyl (C=O) groups excluding carboxylic acids is 1. The summed E-state index contributed by atoms with van der Waals surface area (Å²) in [7, 11) is 2.02. The number of benzene rings is 2. The maximum Gasteiger partial charge on any atom is 0.258 e. The lowest BCUT2D eigenvalue weighted by atomic mass is 10.0. The largest absolute Gasteiger partial charge is 0.351 e. The van der Waals surface area contributed by atoms with Gasteiger partial charge in [-0.1, -0.05) is 12.1 Å². The molecule has 2 aromatic heterocycles.